The molecule has 1 aromatic carbocycles. The van der Waals surface area contributed by atoms with Gasteiger partial charge in [-0.15, -0.1) is 0 Å². The minimum Gasteiger partial charge on any atom is -0.371 e. The zero-order chi connectivity index (χ0) is 20.8. The highest BCUT2D eigenvalue weighted by atomic mass is 32.2. The van der Waals surface area contributed by atoms with Crippen LogP contribution in [0.2, 0.25) is 0 Å². The van der Waals surface area contributed by atoms with Crippen LogP contribution in [0.1, 0.15) is 55.8 Å². The molecule has 160 valence electrons. The molecule has 0 radical (unpaired) electrons. The largest absolute Gasteiger partial charge is 0.371 e. The third kappa shape index (κ3) is 3.91. The lowest BCUT2D eigenvalue weighted by molar-refractivity contribution is 0.0915. The molecule has 2 aliphatic carbocycles. The summed E-state index contributed by atoms with van der Waals surface area (Å²) in [5.74, 6) is 1.95. The monoisotopic (exact) mass is 419 g/mol. The van der Waals surface area contributed by atoms with Crippen molar-refractivity contribution in [2.24, 2.45) is 17.8 Å². The van der Waals surface area contributed by atoms with Crippen LogP contribution >= 0.6 is 0 Å². The summed E-state index contributed by atoms with van der Waals surface area (Å²) >= 11 is 0. The Morgan fingerprint density at radius 1 is 1.17 bits per heavy atom. The standard InChI is InChI=1S/C22H33N3O3S/c1-15(19-13-16-6-7-17(19)12-16)23-22(26)20-14-18(29(27,28)24(2)3)8-9-21(20)25-10-4-5-11-25/h8-9,14-17,19H,4-7,10-13H2,1-3H3,(H,23,26)/t15-,16-,17-,19-/m0/s1. The number of anilines is 1. The number of nitrogens with zero attached hydrogens (tertiary/aromatic N) is 2. The third-order valence-electron chi connectivity index (χ3n) is 7.23. The molecule has 0 unspecified atom stereocenters. The number of benzene rings is 1. The molecule has 0 aromatic heterocycles. The molecule has 0 spiro atoms. The lowest BCUT2D eigenvalue weighted by atomic mass is 9.84. The Morgan fingerprint density at radius 2 is 1.90 bits per heavy atom. The maximum absolute atomic E-state index is 13.3. The number of fused-ring (bicyclic) bond motifs is 2. The van der Waals surface area contributed by atoms with E-state index in [1.807, 2.05) is 0 Å². The number of sulfonamides is 1. The van der Waals surface area contributed by atoms with E-state index in [-0.39, 0.29) is 16.8 Å². The molecule has 1 saturated heterocycles. The van der Waals surface area contributed by atoms with Crippen molar-refractivity contribution in [1.29, 1.82) is 0 Å². The third-order valence-corrected chi connectivity index (χ3v) is 9.04. The molecular formula is C22H33N3O3S. The molecule has 1 amide bonds. The summed E-state index contributed by atoms with van der Waals surface area (Å²) in [5.41, 5.74) is 1.32. The first-order chi connectivity index (χ1) is 13.8. The second kappa shape index (κ2) is 7.91. The van der Waals surface area contributed by atoms with Crippen LogP contribution in [-0.2, 0) is 10.0 Å². The van der Waals surface area contributed by atoms with Gasteiger partial charge in [-0.05, 0) is 75.0 Å². The van der Waals surface area contributed by atoms with E-state index >= 15 is 0 Å². The molecule has 1 aromatic rings. The summed E-state index contributed by atoms with van der Waals surface area (Å²) in [5, 5.41) is 3.22. The number of carbonyl (C=O) groups excluding carboxylic acids is 1. The van der Waals surface area contributed by atoms with E-state index in [0.29, 0.717) is 11.5 Å². The molecule has 2 bridgehead atoms. The summed E-state index contributed by atoms with van der Waals surface area (Å²) in [6.07, 6.45) is 7.33. The van der Waals surface area contributed by atoms with Gasteiger partial charge in [0.25, 0.3) is 5.91 Å². The second-order valence-electron chi connectivity index (χ2n) is 9.26. The van der Waals surface area contributed by atoms with Gasteiger partial charge in [0.2, 0.25) is 10.0 Å². The highest BCUT2D eigenvalue weighted by Gasteiger charge is 2.42. The molecule has 4 rings (SSSR count). The van der Waals surface area contributed by atoms with Gasteiger partial charge in [0, 0.05) is 38.9 Å². The molecule has 1 aliphatic heterocycles. The molecule has 3 fully saturated rings. The molecule has 3 aliphatic rings. The molecule has 4 atom stereocenters. The highest BCUT2D eigenvalue weighted by molar-refractivity contribution is 7.89. The van der Waals surface area contributed by atoms with Gasteiger partial charge in [0.15, 0.2) is 0 Å². The van der Waals surface area contributed by atoms with Crippen molar-refractivity contribution in [3.63, 3.8) is 0 Å². The van der Waals surface area contributed by atoms with Crippen molar-refractivity contribution in [2.45, 2.75) is 56.4 Å². The maximum atomic E-state index is 13.3. The maximum Gasteiger partial charge on any atom is 0.253 e. The van der Waals surface area contributed by atoms with Crippen LogP contribution in [0.5, 0.6) is 0 Å². The van der Waals surface area contributed by atoms with E-state index in [0.717, 1.165) is 43.5 Å². The molecule has 6 nitrogen and oxygen atoms in total. The van der Waals surface area contributed by atoms with Crippen LogP contribution in [0.15, 0.2) is 23.1 Å². The van der Waals surface area contributed by atoms with E-state index in [2.05, 4.69) is 17.1 Å². The first-order valence-corrected chi connectivity index (χ1v) is 12.3. The van der Waals surface area contributed by atoms with E-state index in [1.54, 1.807) is 18.2 Å². The summed E-state index contributed by atoms with van der Waals surface area (Å²) in [7, 11) is -0.560. The Kier molecular flexibility index (Phi) is 5.64. The lowest BCUT2D eigenvalue weighted by Gasteiger charge is -2.29. The van der Waals surface area contributed by atoms with Crippen molar-refractivity contribution in [1.82, 2.24) is 9.62 Å². The molecule has 1 heterocycles. The van der Waals surface area contributed by atoms with Gasteiger partial charge in [0.05, 0.1) is 10.5 Å². The summed E-state index contributed by atoms with van der Waals surface area (Å²) < 4.78 is 26.5. The Hall–Kier alpha value is -1.60. The number of hydrogen-bond acceptors (Lipinski definition) is 4. The normalized spacial score (nSPS) is 27.6. The Labute approximate surface area is 174 Å². The minimum atomic E-state index is -3.59. The van der Waals surface area contributed by atoms with E-state index in [1.165, 1.54) is 44.1 Å². The summed E-state index contributed by atoms with van der Waals surface area (Å²) in [4.78, 5) is 15.7. The van der Waals surface area contributed by atoms with Crippen LogP contribution in [0.3, 0.4) is 0 Å². The van der Waals surface area contributed by atoms with Gasteiger partial charge in [-0.25, -0.2) is 12.7 Å². The quantitative estimate of drug-likeness (QED) is 0.769. The first kappa shape index (κ1) is 20.7. The second-order valence-corrected chi connectivity index (χ2v) is 11.4. The average molecular weight is 420 g/mol. The number of amides is 1. The van der Waals surface area contributed by atoms with Gasteiger partial charge in [-0.3, -0.25) is 4.79 Å². The van der Waals surface area contributed by atoms with E-state index in [4.69, 9.17) is 0 Å². The number of nitrogens with one attached hydrogen (secondary N) is 1. The average Bonchev–Trinajstić information content (AvgIpc) is 3.45. The van der Waals surface area contributed by atoms with Crippen molar-refractivity contribution in [3.05, 3.63) is 23.8 Å². The van der Waals surface area contributed by atoms with Crippen LogP contribution in [-0.4, -0.2) is 51.9 Å². The Bertz CT molecular complexity index is 877. The molecule has 29 heavy (non-hydrogen) atoms. The summed E-state index contributed by atoms with van der Waals surface area (Å²) in [6, 6.07) is 5.10. The molecule has 7 heteroatoms. The fourth-order valence-corrected chi connectivity index (χ4v) is 6.53. The SMILES string of the molecule is C[C@H](NC(=O)c1cc(S(=O)(=O)N(C)C)ccc1N1CCCC1)[C@@H]1C[C@H]2CC[C@H]1C2. The van der Waals surface area contributed by atoms with Crippen molar-refractivity contribution >= 4 is 21.6 Å². The van der Waals surface area contributed by atoms with Crippen molar-refractivity contribution in [3.8, 4) is 0 Å². The topological polar surface area (TPSA) is 69.7 Å². The van der Waals surface area contributed by atoms with Crippen molar-refractivity contribution < 1.29 is 13.2 Å². The number of hydrogen-bond donors (Lipinski definition) is 1. The Balaban J connectivity index is 1.61. The van der Waals surface area contributed by atoms with Crippen LogP contribution in [0.25, 0.3) is 0 Å². The van der Waals surface area contributed by atoms with E-state index < -0.39 is 10.0 Å². The van der Waals surface area contributed by atoms with Crippen LogP contribution in [0.4, 0.5) is 5.69 Å². The minimum absolute atomic E-state index is 0.110. The number of rotatable bonds is 6. The van der Waals surface area contributed by atoms with Gasteiger partial charge < -0.3 is 10.2 Å². The molecule has 1 N–H and O–H groups in total. The van der Waals surface area contributed by atoms with Crippen LogP contribution < -0.4 is 10.2 Å². The van der Waals surface area contributed by atoms with Gasteiger partial charge in [0.1, 0.15) is 0 Å². The van der Waals surface area contributed by atoms with Gasteiger partial charge >= 0.3 is 0 Å². The zero-order valence-corrected chi connectivity index (χ0v) is 18.5. The zero-order valence-electron chi connectivity index (χ0n) is 17.7. The van der Waals surface area contributed by atoms with Crippen LogP contribution in [0, 0.1) is 17.8 Å². The number of carbonyl (C=O) groups is 1. The van der Waals surface area contributed by atoms with E-state index in [9.17, 15) is 13.2 Å². The Morgan fingerprint density at radius 3 is 2.48 bits per heavy atom. The van der Waals surface area contributed by atoms with Crippen molar-refractivity contribution in [2.75, 3.05) is 32.1 Å². The lowest BCUT2D eigenvalue weighted by Crippen LogP contribution is -2.40. The van der Waals surface area contributed by atoms with Gasteiger partial charge in [-0.1, -0.05) is 6.42 Å². The van der Waals surface area contributed by atoms with Gasteiger partial charge in [-0.2, -0.15) is 0 Å². The molecule has 2 saturated carbocycles. The smallest absolute Gasteiger partial charge is 0.253 e. The fraction of sp³-hybridized carbons (Fsp3) is 0.682. The predicted octanol–water partition coefficient (Wildman–Crippen LogP) is 3.09. The predicted molar refractivity (Wildman–Crippen MR) is 115 cm³/mol. The fourth-order valence-electron chi connectivity index (χ4n) is 5.60. The summed E-state index contributed by atoms with van der Waals surface area (Å²) in [6.45, 7) is 3.92. The molecular weight excluding hydrogens is 386 g/mol. The highest BCUT2D eigenvalue weighted by Crippen LogP contribution is 2.49. The first-order valence-electron chi connectivity index (χ1n) is 10.9.